The van der Waals surface area contributed by atoms with Crippen LogP contribution in [0.25, 0.3) is 0 Å². The molecule has 0 aliphatic carbocycles. The minimum absolute atomic E-state index is 0.00661. The van der Waals surface area contributed by atoms with Crippen LogP contribution in [0.2, 0.25) is 5.02 Å². The molecule has 2 atom stereocenters. The van der Waals surface area contributed by atoms with Crippen molar-refractivity contribution in [2.24, 2.45) is 0 Å². The van der Waals surface area contributed by atoms with Crippen LogP contribution in [0.1, 0.15) is 18.1 Å². The largest absolute Gasteiger partial charge is 0.416 e. The number of rotatable bonds is 5. The normalized spacial score (nSPS) is 14.0. The van der Waals surface area contributed by atoms with Crippen LogP contribution in [0.15, 0.2) is 48.5 Å². The molecule has 8 heteroatoms. The summed E-state index contributed by atoms with van der Waals surface area (Å²) in [5.74, 6) is -0.444. The molecule has 2 aromatic rings. The zero-order chi connectivity index (χ0) is 18.6. The number of carbonyl (C=O) groups is 1. The molecule has 0 saturated heterocycles. The Balaban J connectivity index is 1.97. The van der Waals surface area contributed by atoms with Gasteiger partial charge in [-0.15, -0.1) is 0 Å². The van der Waals surface area contributed by atoms with Gasteiger partial charge in [0.1, 0.15) is 5.25 Å². The Labute approximate surface area is 150 Å². The van der Waals surface area contributed by atoms with E-state index < -0.39 is 33.7 Å². The Kier molecular flexibility index (Phi) is 6.24. The lowest BCUT2D eigenvalue weighted by molar-refractivity contribution is -0.137. The maximum atomic E-state index is 12.5. The van der Waals surface area contributed by atoms with Crippen molar-refractivity contribution in [3.63, 3.8) is 0 Å². The molecule has 134 valence electrons. The van der Waals surface area contributed by atoms with Gasteiger partial charge in [-0.05, 0) is 48.9 Å². The minimum atomic E-state index is -4.41. The average molecular weight is 390 g/mol. The number of hydrogen-bond donors (Lipinski definition) is 1. The first-order valence-corrected chi connectivity index (χ1v) is 9.02. The summed E-state index contributed by atoms with van der Waals surface area (Å²) in [7, 11) is -1.57. The molecule has 0 aliphatic rings. The Bertz CT molecular complexity index is 761. The number of halogens is 4. The number of alkyl halides is 3. The number of carbonyl (C=O) groups excluding carboxylic acids is 1. The molecule has 0 aliphatic heterocycles. The lowest BCUT2D eigenvalue weighted by atomic mass is 10.1. The van der Waals surface area contributed by atoms with Crippen molar-refractivity contribution in [2.75, 3.05) is 5.32 Å². The predicted octanol–water partition coefficient (Wildman–Crippen LogP) is 4.63. The first kappa shape index (κ1) is 19.5. The number of benzene rings is 2. The zero-order valence-electron chi connectivity index (χ0n) is 13.1. The van der Waals surface area contributed by atoms with Crippen molar-refractivity contribution in [1.82, 2.24) is 0 Å². The SMILES string of the molecule is CC(C(=O)Nc1ccc(Cl)cc1)S(=O)Cc1ccc(C(F)(F)F)cc1. The average Bonchev–Trinajstić information content (AvgIpc) is 2.55. The fourth-order valence-electron chi connectivity index (χ4n) is 1.98. The van der Waals surface area contributed by atoms with E-state index in [4.69, 9.17) is 11.6 Å². The van der Waals surface area contributed by atoms with Gasteiger partial charge >= 0.3 is 6.18 Å². The number of anilines is 1. The van der Waals surface area contributed by atoms with Crippen molar-refractivity contribution in [3.05, 3.63) is 64.7 Å². The summed E-state index contributed by atoms with van der Waals surface area (Å²) in [5.41, 5.74) is 0.223. The van der Waals surface area contributed by atoms with Crippen LogP contribution in [-0.2, 0) is 27.5 Å². The molecule has 2 aromatic carbocycles. The van der Waals surface area contributed by atoms with Gasteiger partial charge in [-0.3, -0.25) is 9.00 Å². The highest BCUT2D eigenvalue weighted by atomic mass is 35.5. The minimum Gasteiger partial charge on any atom is -0.325 e. The van der Waals surface area contributed by atoms with Crippen molar-refractivity contribution in [3.8, 4) is 0 Å². The van der Waals surface area contributed by atoms with Gasteiger partial charge in [-0.25, -0.2) is 0 Å². The maximum absolute atomic E-state index is 12.5. The molecule has 1 amide bonds. The molecular formula is C17H15ClF3NO2S. The first-order valence-electron chi connectivity index (χ1n) is 7.26. The third-order valence-corrected chi connectivity index (χ3v) is 5.34. The van der Waals surface area contributed by atoms with E-state index in [1.165, 1.54) is 19.1 Å². The van der Waals surface area contributed by atoms with Gasteiger partial charge in [-0.2, -0.15) is 13.2 Å². The van der Waals surface area contributed by atoms with Crippen LogP contribution in [-0.4, -0.2) is 15.4 Å². The summed E-state index contributed by atoms with van der Waals surface area (Å²) in [6, 6.07) is 10.9. The standard InChI is InChI=1S/C17H15ClF3NO2S/c1-11(16(23)22-15-8-6-14(18)7-9-15)25(24)10-12-2-4-13(5-3-12)17(19,20)21/h2-9,11H,10H2,1H3,(H,22,23). The highest BCUT2D eigenvalue weighted by Gasteiger charge is 2.30. The fraction of sp³-hybridized carbons (Fsp3) is 0.235. The molecule has 0 heterocycles. The van der Waals surface area contributed by atoms with E-state index in [9.17, 15) is 22.2 Å². The first-order chi connectivity index (χ1) is 11.7. The lowest BCUT2D eigenvalue weighted by Gasteiger charge is -2.13. The molecule has 0 fully saturated rings. The van der Waals surface area contributed by atoms with Gasteiger partial charge in [-0.1, -0.05) is 23.7 Å². The van der Waals surface area contributed by atoms with Crippen LogP contribution < -0.4 is 5.32 Å². The molecule has 2 unspecified atom stereocenters. The molecule has 0 aromatic heterocycles. The molecule has 0 bridgehead atoms. The van der Waals surface area contributed by atoms with E-state index in [0.29, 0.717) is 16.3 Å². The van der Waals surface area contributed by atoms with Gasteiger partial charge in [0.25, 0.3) is 0 Å². The van der Waals surface area contributed by atoms with Crippen molar-refractivity contribution < 1.29 is 22.2 Å². The molecule has 1 N–H and O–H groups in total. The summed E-state index contributed by atoms with van der Waals surface area (Å²) in [5, 5.41) is 2.33. The third-order valence-electron chi connectivity index (χ3n) is 3.47. The van der Waals surface area contributed by atoms with Crippen LogP contribution in [0.3, 0.4) is 0 Å². The third kappa shape index (κ3) is 5.57. The molecule has 25 heavy (non-hydrogen) atoms. The number of hydrogen-bond acceptors (Lipinski definition) is 2. The van der Waals surface area contributed by atoms with E-state index in [1.54, 1.807) is 24.3 Å². The predicted molar refractivity (Wildman–Crippen MR) is 92.8 cm³/mol. The number of amides is 1. The summed E-state index contributed by atoms with van der Waals surface area (Å²) >= 11 is 5.76. The molecule has 0 saturated carbocycles. The van der Waals surface area contributed by atoms with Gasteiger partial charge in [0.05, 0.1) is 5.56 Å². The quantitative estimate of drug-likeness (QED) is 0.810. The zero-order valence-corrected chi connectivity index (χ0v) is 14.7. The molecule has 0 spiro atoms. The van der Waals surface area contributed by atoms with Crippen molar-refractivity contribution in [1.29, 1.82) is 0 Å². The van der Waals surface area contributed by atoms with Gasteiger partial charge in [0.2, 0.25) is 5.91 Å². The van der Waals surface area contributed by atoms with Crippen LogP contribution >= 0.6 is 11.6 Å². The van der Waals surface area contributed by atoms with Crippen molar-refractivity contribution >= 4 is 34.0 Å². The number of nitrogens with one attached hydrogen (secondary N) is 1. The van der Waals surface area contributed by atoms with E-state index in [0.717, 1.165) is 12.1 Å². The van der Waals surface area contributed by atoms with Crippen LogP contribution in [0.4, 0.5) is 18.9 Å². The summed E-state index contributed by atoms with van der Waals surface area (Å²) in [6.45, 7) is 1.51. The summed E-state index contributed by atoms with van der Waals surface area (Å²) in [4.78, 5) is 12.1. The summed E-state index contributed by atoms with van der Waals surface area (Å²) in [6.07, 6.45) is -4.41. The Morgan fingerprint density at radius 1 is 1.12 bits per heavy atom. The van der Waals surface area contributed by atoms with Crippen molar-refractivity contribution in [2.45, 2.75) is 24.1 Å². The Morgan fingerprint density at radius 2 is 1.68 bits per heavy atom. The van der Waals surface area contributed by atoms with E-state index in [2.05, 4.69) is 5.32 Å². The van der Waals surface area contributed by atoms with E-state index in [1.807, 2.05) is 0 Å². The van der Waals surface area contributed by atoms with Gasteiger partial charge in [0, 0.05) is 27.3 Å². The molecule has 2 rings (SSSR count). The monoisotopic (exact) mass is 389 g/mol. The second-order valence-electron chi connectivity index (χ2n) is 5.36. The highest BCUT2D eigenvalue weighted by Crippen LogP contribution is 2.29. The topological polar surface area (TPSA) is 46.2 Å². The lowest BCUT2D eigenvalue weighted by Crippen LogP contribution is -2.29. The van der Waals surface area contributed by atoms with Gasteiger partial charge in [0.15, 0.2) is 0 Å². The highest BCUT2D eigenvalue weighted by molar-refractivity contribution is 7.85. The second kappa shape index (κ2) is 8.01. The molecule has 3 nitrogen and oxygen atoms in total. The molecular weight excluding hydrogens is 375 g/mol. The molecule has 0 radical (unpaired) electrons. The van der Waals surface area contributed by atoms with Gasteiger partial charge < -0.3 is 5.32 Å². The van der Waals surface area contributed by atoms with Crippen LogP contribution in [0, 0.1) is 0 Å². The second-order valence-corrected chi connectivity index (χ2v) is 7.55. The summed E-state index contributed by atoms with van der Waals surface area (Å²) < 4.78 is 49.9. The van der Waals surface area contributed by atoms with E-state index >= 15 is 0 Å². The fourth-order valence-corrected chi connectivity index (χ4v) is 3.17. The Morgan fingerprint density at radius 3 is 2.20 bits per heavy atom. The Hall–Kier alpha value is -1.86. The smallest absolute Gasteiger partial charge is 0.325 e. The van der Waals surface area contributed by atoms with Crippen LogP contribution in [0.5, 0.6) is 0 Å². The van der Waals surface area contributed by atoms with E-state index in [-0.39, 0.29) is 5.75 Å². The maximum Gasteiger partial charge on any atom is 0.416 e.